The van der Waals surface area contributed by atoms with Gasteiger partial charge in [0.2, 0.25) is 0 Å². The second kappa shape index (κ2) is 17.4. The number of carbonyl (C=O) groups excluding carboxylic acids is 1. The highest BCUT2D eigenvalue weighted by atomic mass is 16.8. The normalized spacial score (nSPS) is 55.2. The van der Waals surface area contributed by atoms with Crippen molar-refractivity contribution in [1.29, 1.82) is 0 Å². The lowest BCUT2D eigenvalue weighted by molar-refractivity contribution is -0.378. The highest BCUT2D eigenvalue weighted by molar-refractivity contribution is 5.66. The standard InChI is InChI=1S/C48H76O18/c1-22(2)15-24-16-46(8,57)39-25-9-10-30-44(6)13-12-31(43(4,5)29(44)11-14-45(30,7)47(25)20-48(39,66-24)60-21-47)64-41-37(61-23(3)50)34(54)28(19-59-41)63-42-38(35(55)33(53)27(17-49)62-42)65-40-36(56)32(52)26(51)18-58-40/h15,24-42,49,51-57H,9-14,16-21H2,1-8H3/t24-,25+,26+,27+,28-,29-,30+,31-,32-,33+,34+,35-,36+,37+,38+,39-,40-,41-,42-,44-,45+,46-,47-,48-/m0/s1. The predicted octanol–water partition coefficient (Wildman–Crippen LogP) is 1.18. The fraction of sp³-hybridized carbons (Fsp3) is 0.938. The summed E-state index contributed by atoms with van der Waals surface area (Å²) in [4.78, 5) is 12.6. The van der Waals surface area contributed by atoms with E-state index in [4.69, 9.17) is 42.6 Å². The smallest absolute Gasteiger partial charge is 0.303 e. The minimum Gasteiger partial charge on any atom is -0.454 e. The van der Waals surface area contributed by atoms with Gasteiger partial charge in [-0.15, -0.1) is 0 Å². The van der Waals surface area contributed by atoms with Crippen molar-refractivity contribution in [3.8, 4) is 0 Å². The largest absolute Gasteiger partial charge is 0.454 e. The molecule has 9 rings (SSSR count). The first-order valence-electron chi connectivity index (χ1n) is 24.3. The summed E-state index contributed by atoms with van der Waals surface area (Å²) in [6.45, 7) is 16.0. The molecule has 0 aromatic heterocycles. The maximum Gasteiger partial charge on any atom is 0.303 e. The van der Waals surface area contributed by atoms with Crippen LogP contribution in [0.3, 0.4) is 0 Å². The van der Waals surface area contributed by atoms with Gasteiger partial charge in [-0.05, 0) is 93.3 Å². The number of hydrogen-bond acceptors (Lipinski definition) is 18. The highest BCUT2D eigenvalue weighted by Crippen LogP contribution is 2.80. The number of esters is 1. The number of aliphatic hydroxyl groups excluding tert-OH is 7. The van der Waals surface area contributed by atoms with Crippen LogP contribution in [0.1, 0.15) is 107 Å². The molecule has 8 N–H and O–H groups in total. The van der Waals surface area contributed by atoms with Crippen LogP contribution in [0.25, 0.3) is 0 Å². The highest BCUT2D eigenvalue weighted by Gasteiger charge is 2.81. The molecule has 5 saturated heterocycles. The van der Waals surface area contributed by atoms with Crippen LogP contribution in [0.15, 0.2) is 11.6 Å². The second-order valence-electron chi connectivity index (χ2n) is 23.1. The van der Waals surface area contributed by atoms with E-state index in [1.54, 1.807) is 0 Å². The first kappa shape index (κ1) is 49.5. The van der Waals surface area contributed by atoms with Crippen LogP contribution in [0.2, 0.25) is 0 Å². The third-order valence-corrected chi connectivity index (χ3v) is 18.7. The van der Waals surface area contributed by atoms with Crippen LogP contribution in [0, 0.1) is 45.3 Å². The molecule has 0 aromatic carbocycles. The molecule has 4 aliphatic carbocycles. The first-order chi connectivity index (χ1) is 30.9. The van der Waals surface area contributed by atoms with E-state index in [2.05, 4.69) is 47.6 Å². The van der Waals surface area contributed by atoms with Crippen LogP contribution in [-0.4, -0.2) is 177 Å². The quantitative estimate of drug-likeness (QED) is 0.0917. The Morgan fingerprint density at radius 1 is 0.758 bits per heavy atom. The summed E-state index contributed by atoms with van der Waals surface area (Å²) in [6.07, 6.45) is -11.3. The Kier molecular flexibility index (Phi) is 13.1. The van der Waals surface area contributed by atoms with Gasteiger partial charge in [-0.3, -0.25) is 4.79 Å². The van der Waals surface area contributed by atoms with E-state index in [0.29, 0.717) is 31.3 Å². The number of allylic oxidation sites excluding steroid dienone is 1. The maximum atomic E-state index is 12.6. The molecular formula is C48H76O18. The molecule has 0 unspecified atom stereocenters. The van der Waals surface area contributed by atoms with Crippen LogP contribution in [-0.2, 0) is 47.4 Å². The topological polar surface area (TPSA) is 262 Å². The van der Waals surface area contributed by atoms with Gasteiger partial charge in [0, 0.05) is 31.1 Å². The average Bonchev–Trinajstić information content (AvgIpc) is 3.76. The lowest BCUT2D eigenvalue weighted by Gasteiger charge is -2.70. The molecule has 9 aliphatic rings. The third kappa shape index (κ3) is 7.69. The minimum absolute atomic E-state index is 0.0471. The molecule has 66 heavy (non-hydrogen) atoms. The summed E-state index contributed by atoms with van der Waals surface area (Å²) < 4.78 is 55.7. The molecule has 9 fully saturated rings. The Hall–Kier alpha value is -1.43. The van der Waals surface area contributed by atoms with Gasteiger partial charge in [0.05, 0.1) is 44.2 Å². The zero-order valence-corrected chi connectivity index (χ0v) is 39.7. The molecular weight excluding hydrogens is 865 g/mol. The third-order valence-electron chi connectivity index (χ3n) is 18.7. The van der Waals surface area contributed by atoms with E-state index in [9.17, 15) is 45.6 Å². The van der Waals surface area contributed by atoms with E-state index < -0.39 is 110 Å². The van der Waals surface area contributed by atoms with Crippen molar-refractivity contribution in [2.75, 3.05) is 26.4 Å². The zero-order chi connectivity index (χ0) is 47.7. The molecule has 0 aromatic rings. The molecule has 5 aliphatic heterocycles. The van der Waals surface area contributed by atoms with Crippen LogP contribution < -0.4 is 0 Å². The number of rotatable bonds is 9. The lowest BCUT2D eigenvalue weighted by atomic mass is 9.35. The van der Waals surface area contributed by atoms with Gasteiger partial charge < -0.3 is 83.5 Å². The average molecular weight is 941 g/mol. The Morgan fingerprint density at radius 3 is 2.18 bits per heavy atom. The minimum atomic E-state index is -1.77. The van der Waals surface area contributed by atoms with Gasteiger partial charge in [0.25, 0.3) is 0 Å². The molecule has 5 heterocycles. The zero-order valence-electron chi connectivity index (χ0n) is 39.7. The Morgan fingerprint density at radius 2 is 1.48 bits per heavy atom. The number of hydrogen-bond donors (Lipinski definition) is 8. The van der Waals surface area contributed by atoms with Crippen molar-refractivity contribution in [3.63, 3.8) is 0 Å². The van der Waals surface area contributed by atoms with E-state index >= 15 is 0 Å². The maximum absolute atomic E-state index is 12.6. The summed E-state index contributed by atoms with van der Waals surface area (Å²) >= 11 is 0. The summed E-state index contributed by atoms with van der Waals surface area (Å²) in [5.41, 5.74) is -0.358. The van der Waals surface area contributed by atoms with Crippen molar-refractivity contribution in [3.05, 3.63) is 11.6 Å². The van der Waals surface area contributed by atoms with Crippen LogP contribution >= 0.6 is 0 Å². The van der Waals surface area contributed by atoms with E-state index in [1.165, 1.54) is 6.92 Å². The van der Waals surface area contributed by atoms with Gasteiger partial charge in [-0.1, -0.05) is 39.3 Å². The fourth-order valence-corrected chi connectivity index (χ4v) is 15.8. The number of fused-ring (bicyclic) bond motifs is 4. The second-order valence-corrected chi connectivity index (χ2v) is 23.1. The Labute approximate surface area is 387 Å². The van der Waals surface area contributed by atoms with Crippen molar-refractivity contribution in [2.45, 2.75) is 210 Å². The van der Waals surface area contributed by atoms with Crippen molar-refractivity contribution in [2.24, 2.45) is 45.3 Å². The molecule has 18 nitrogen and oxygen atoms in total. The Balaban J connectivity index is 0.905. The molecule has 2 spiro atoms. The number of carbonyl (C=O) groups is 1. The number of aliphatic hydroxyl groups is 8. The summed E-state index contributed by atoms with van der Waals surface area (Å²) in [5.74, 6) is -0.654. The van der Waals surface area contributed by atoms with Gasteiger partial charge >= 0.3 is 5.97 Å². The first-order valence-corrected chi connectivity index (χ1v) is 24.3. The van der Waals surface area contributed by atoms with Gasteiger partial charge in [-0.25, -0.2) is 0 Å². The van der Waals surface area contributed by atoms with Gasteiger partial charge in [-0.2, -0.15) is 0 Å². The van der Waals surface area contributed by atoms with E-state index in [0.717, 1.165) is 44.1 Å². The van der Waals surface area contributed by atoms with Gasteiger partial charge in [0.15, 0.2) is 30.8 Å². The molecule has 4 saturated carbocycles. The number of ether oxygens (including phenoxy) is 9. The lowest BCUT2D eigenvalue weighted by Crippen LogP contribution is -2.67. The summed E-state index contributed by atoms with van der Waals surface area (Å²) in [5, 5.41) is 86.6. The van der Waals surface area contributed by atoms with E-state index in [-0.39, 0.29) is 52.3 Å². The van der Waals surface area contributed by atoms with Crippen LogP contribution in [0.5, 0.6) is 0 Å². The van der Waals surface area contributed by atoms with Crippen molar-refractivity contribution < 1.29 is 88.3 Å². The van der Waals surface area contributed by atoms with Crippen LogP contribution in [0.4, 0.5) is 0 Å². The molecule has 18 heteroatoms. The summed E-state index contributed by atoms with van der Waals surface area (Å²) in [6, 6.07) is 0. The SMILES string of the molecule is CC(=O)O[C@H]1[C@H](O[C@H]2CC[C@]3(C)[C@H]4CC[C@@H]5[C@@H]6[C@]7(C[C@@]5(CO7)[C@]4(C)CC[C@H]3C2(C)C)O[C@@H](C=C(C)C)C[C@]6(C)O)OC[C@H](O[C@@H]2O[C@H](CO)[C@@H](O)[C@H](O)[C@H]2O[C@@H]2OC[C@@H](O)[C@H](O)[C@H]2O)[C@H]1O. The summed E-state index contributed by atoms with van der Waals surface area (Å²) in [7, 11) is 0. The van der Waals surface area contributed by atoms with Crippen molar-refractivity contribution in [1.82, 2.24) is 0 Å². The molecule has 24 atom stereocenters. The molecule has 376 valence electrons. The molecule has 0 radical (unpaired) electrons. The fourth-order valence-electron chi connectivity index (χ4n) is 15.8. The molecule has 2 bridgehead atoms. The van der Waals surface area contributed by atoms with Crippen molar-refractivity contribution >= 4 is 5.97 Å². The predicted molar refractivity (Wildman–Crippen MR) is 228 cm³/mol. The van der Waals surface area contributed by atoms with Gasteiger partial charge in [0.1, 0.15) is 54.9 Å². The monoisotopic (exact) mass is 941 g/mol. The van der Waals surface area contributed by atoms with E-state index in [1.807, 2.05) is 6.92 Å². The Bertz CT molecular complexity index is 1830. The molecule has 0 amide bonds.